The lowest BCUT2D eigenvalue weighted by Gasteiger charge is -2.28. The van der Waals surface area contributed by atoms with Crippen LogP contribution < -0.4 is 10.2 Å². The van der Waals surface area contributed by atoms with Crippen LogP contribution in [0.3, 0.4) is 0 Å². The molecule has 0 radical (unpaired) electrons. The molecule has 0 bridgehead atoms. The van der Waals surface area contributed by atoms with Crippen LogP contribution in [0.25, 0.3) is 5.69 Å². The van der Waals surface area contributed by atoms with Crippen LogP contribution in [0.2, 0.25) is 0 Å². The summed E-state index contributed by atoms with van der Waals surface area (Å²) in [6, 6.07) is 14.9. The Morgan fingerprint density at radius 2 is 1.80 bits per heavy atom. The molecule has 1 aliphatic carbocycles. The van der Waals surface area contributed by atoms with Gasteiger partial charge in [0, 0.05) is 13.1 Å². The zero-order valence-corrected chi connectivity index (χ0v) is 21.3. The molecule has 0 saturated carbocycles. The van der Waals surface area contributed by atoms with Gasteiger partial charge in [0.2, 0.25) is 11.9 Å². The Morgan fingerprint density at radius 1 is 1.06 bits per heavy atom. The van der Waals surface area contributed by atoms with E-state index in [9.17, 15) is 4.79 Å². The molecular weight excluding hydrogens is 458 g/mol. The van der Waals surface area contributed by atoms with Gasteiger partial charge in [-0.25, -0.2) is 0 Å². The summed E-state index contributed by atoms with van der Waals surface area (Å²) in [5, 5.41) is 12.8. The number of rotatable bonds is 7. The van der Waals surface area contributed by atoms with Crippen molar-refractivity contribution in [2.75, 3.05) is 37.0 Å². The molecule has 1 atom stereocenters. The average molecular weight is 492 g/mol. The van der Waals surface area contributed by atoms with Gasteiger partial charge in [0.15, 0.2) is 5.16 Å². The number of amides is 1. The molecule has 184 valence electrons. The van der Waals surface area contributed by atoms with E-state index in [2.05, 4.69) is 81.3 Å². The van der Waals surface area contributed by atoms with Crippen molar-refractivity contribution >= 4 is 23.6 Å². The Kier molecular flexibility index (Phi) is 7.39. The molecule has 3 aromatic rings. The average Bonchev–Trinajstić information content (AvgIpc) is 3.32. The highest BCUT2D eigenvalue weighted by Crippen LogP contribution is 2.28. The number of hydrogen-bond donors (Lipinski definition) is 1. The topological polar surface area (TPSA) is 72.3 Å². The molecule has 1 aromatic heterocycles. The van der Waals surface area contributed by atoms with Crippen molar-refractivity contribution in [1.29, 1.82) is 0 Å². The maximum atomic E-state index is 12.9. The van der Waals surface area contributed by atoms with Crippen LogP contribution in [-0.2, 0) is 22.4 Å². The van der Waals surface area contributed by atoms with Crippen molar-refractivity contribution < 1.29 is 9.53 Å². The highest BCUT2D eigenvalue weighted by Gasteiger charge is 2.23. The van der Waals surface area contributed by atoms with Crippen LogP contribution in [0.15, 0.2) is 47.6 Å². The molecule has 0 spiro atoms. The van der Waals surface area contributed by atoms with Gasteiger partial charge in [0.05, 0.1) is 30.7 Å². The van der Waals surface area contributed by atoms with Crippen molar-refractivity contribution in [2.45, 2.75) is 50.7 Å². The second-order valence-electron chi connectivity index (χ2n) is 9.37. The molecule has 7 nitrogen and oxygen atoms in total. The minimum atomic E-state index is -0.0331. The number of ether oxygens (including phenoxy) is 1. The van der Waals surface area contributed by atoms with Crippen LogP contribution in [0.5, 0.6) is 0 Å². The van der Waals surface area contributed by atoms with Crippen LogP contribution in [0.1, 0.15) is 48.1 Å². The van der Waals surface area contributed by atoms with E-state index in [-0.39, 0.29) is 17.7 Å². The van der Waals surface area contributed by atoms with E-state index < -0.39 is 0 Å². The van der Waals surface area contributed by atoms with Crippen molar-refractivity contribution in [3.05, 3.63) is 64.7 Å². The van der Waals surface area contributed by atoms with E-state index in [1.165, 1.54) is 53.3 Å². The number of fused-ring (bicyclic) bond motifs is 1. The Labute approximate surface area is 211 Å². The van der Waals surface area contributed by atoms with Crippen LogP contribution in [0, 0.1) is 6.92 Å². The Bertz CT molecular complexity index is 1170. The summed E-state index contributed by atoms with van der Waals surface area (Å²) in [6.45, 7) is 7.01. The first-order valence-electron chi connectivity index (χ1n) is 12.5. The molecule has 8 heteroatoms. The number of benzene rings is 2. The van der Waals surface area contributed by atoms with Gasteiger partial charge in [-0.1, -0.05) is 47.7 Å². The standard InChI is InChI=1S/C27H33N5O2S/c1-19-7-11-24(12-8-19)32-26(31-13-15-34-16-14-31)29-30-27(32)35-18-25(33)28-20(2)22-10-9-21-5-3-4-6-23(21)17-22/h7-12,17,20H,3-6,13-16,18H2,1-2H3,(H,28,33). The summed E-state index contributed by atoms with van der Waals surface area (Å²) >= 11 is 1.42. The lowest BCUT2D eigenvalue weighted by atomic mass is 9.89. The minimum absolute atomic E-state index is 0.00778. The number of morpholine rings is 1. The van der Waals surface area contributed by atoms with E-state index in [0.717, 1.165) is 31.1 Å². The van der Waals surface area contributed by atoms with Crippen molar-refractivity contribution in [2.24, 2.45) is 0 Å². The lowest BCUT2D eigenvalue weighted by molar-refractivity contribution is -0.119. The van der Waals surface area contributed by atoms with Crippen molar-refractivity contribution in [1.82, 2.24) is 20.1 Å². The van der Waals surface area contributed by atoms with Gasteiger partial charge in [0.1, 0.15) is 0 Å². The summed E-state index contributed by atoms with van der Waals surface area (Å²) in [5.74, 6) is 1.07. The fourth-order valence-corrected chi connectivity index (χ4v) is 5.52. The molecular formula is C27H33N5O2S. The quantitative estimate of drug-likeness (QED) is 0.498. The predicted molar refractivity (Wildman–Crippen MR) is 139 cm³/mol. The first-order chi connectivity index (χ1) is 17.1. The van der Waals surface area contributed by atoms with E-state index in [1.54, 1.807) is 0 Å². The number of carbonyl (C=O) groups is 1. The molecule has 2 heterocycles. The minimum Gasteiger partial charge on any atom is -0.378 e. The van der Waals surface area contributed by atoms with Gasteiger partial charge in [-0.15, -0.1) is 10.2 Å². The molecule has 1 N–H and O–H groups in total. The number of thioether (sulfide) groups is 1. The lowest BCUT2D eigenvalue weighted by Crippen LogP contribution is -2.37. The van der Waals surface area contributed by atoms with E-state index in [1.807, 2.05) is 0 Å². The van der Waals surface area contributed by atoms with Gasteiger partial charge in [0.25, 0.3) is 0 Å². The molecule has 1 saturated heterocycles. The summed E-state index contributed by atoms with van der Waals surface area (Å²) in [6.07, 6.45) is 4.83. The summed E-state index contributed by atoms with van der Waals surface area (Å²) in [7, 11) is 0. The Balaban J connectivity index is 1.28. The third-order valence-corrected chi connectivity index (χ3v) is 7.71. The van der Waals surface area contributed by atoms with E-state index in [0.29, 0.717) is 18.4 Å². The molecule has 5 rings (SSSR count). The molecule has 35 heavy (non-hydrogen) atoms. The second kappa shape index (κ2) is 10.8. The van der Waals surface area contributed by atoms with E-state index in [4.69, 9.17) is 4.74 Å². The summed E-state index contributed by atoms with van der Waals surface area (Å²) < 4.78 is 7.57. The molecule has 1 aliphatic heterocycles. The number of nitrogens with one attached hydrogen (secondary N) is 1. The largest absolute Gasteiger partial charge is 0.378 e. The zero-order valence-electron chi connectivity index (χ0n) is 20.5. The highest BCUT2D eigenvalue weighted by atomic mass is 32.2. The third kappa shape index (κ3) is 5.54. The maximum absolute atomic E-state index is 12.9. The predicted octanol–water partition coefficient (Wildman–Crippen LogP) is 4.26. The fourth-order valence-electron chi connectivity index (χ4n) is 4.76. The maximum Gasteiger partial charge on any atom is 0.232 e. The van der Waals surface area contributed by atoms with Gasteiger partial charge in [-0.3, -0.25) is 9.36 Å². The molecule has 1 fully saturated rings. The van der Waals surface area contributed by atoms with Gasteiger partial charge in [-0.2, -0.15) is 0 Å². The summed E-state index contributed by atoms with van der Waals surface area (Å²) in [5.41, 5.74) is 6.25. The summed E-state index contributed by atoms with van der Waals surface area (Å²) in [4.78, 5) is 15.1. The van der Waals surface area contributed by atoms with Gasteiger partial charge < -0.3 is 15.0 Å². The Hall–Kier alpha value is -2.84. The number of nitrogens with zero attached hydrogens (tertiary/aromatic N) is 4. The second-order valence-corrected chi connectivity index (χ2v) is 10.3. The number of aromatic nitrogens is 3. The molecule has 2 aromatic carbocycles. The third-order valence-electron chi connectivity index (χ3n) is 6.78. The molecule has 2 aliphatic rings. The molecule has 1 unspecified atom stereocenters. The van der Waals surface area contributed by atoms with Crippen molar-refractivity contribution in [3.8, 4) is 5.69 Å². The molecule has 1 amide bonds. The first kappa shape index (κ1) is 23.9. The smallest absolute Gasteiger partial charge is 0.232 e. The number of hydrogen-bond acceptors (Lipinski definition) is 6. The van der Waals surface area contributed by atoms with Crippen LogP contribution >= 0.6 is 11.8 Å². The number of aryl methyl sites for hydroxylation is 3. The zero-order chi connectivity index (χ0) is 24.2. The first-order valence-corrected chi connectivity index (χ1v) is 13.5. The highest BCUT2D eigenvalue weighted by molar-refractivity contribution is 7.99. The monoisotopic (exact) mass is 491 g/mol. The fraction of sp³-hybridized carbons (Fsp3) is 0.444. The van der Waals surface area contributed by atoms with Crippen molar-refractivity contribution in [3.63, 3.8) is 0 Å². The van der Waals surface area contributed by atoms with Gasteiger partial charge in [-0.05, 0) is 68.4 Å². The number of carbonyl (C=O) groups excluding carboxylic acids is 1. The van der Waals surface area contributed by atoms with Crippen LogP contribution in [-0.4, -0.2) is 52.7 Å². The Morgan fingerprint density at radius 3 is 2.57 bits per heavy atom. The van der Waals surface area contributed by atoms with Crippen LogP contribution in [0.4, 0.5) is 5.95 Å². The number of anilines is 1. The van der Waals surface area contributed by atoms with Gasteiger partial charge >= 0.3 is 0 Å². The SMILES string of the molecule is Cc1ccc(-n2c(SCC(=O)NC(C)c3ccc4c(c3)CCCC4)nnc2N2CCOCC2)cc1. The normalized spacial score (nSPS) is 16.6. The van der Waals surface area contributed by atoms with E-state index >= 15 is 0 Å².